The molecule has 0 aromatic heterocycles. The molecule has 0 heterocycles. The fourth-order valence-corrected chi connectivity index (χ4v) is 0.893. The highest BCUT2D eigenvalue weighted by atomic mass is 127. The van der Waals surface area contributed by atoms with Gasteiger partial charge in [-0.3, -0.25) is 0 Å². The maximum atomic E-state index is 2.30. The summed E-state index contributed by atoms with van der Waals surface area (Å²) in [6, 6.07) is 8.44. The molecular formula is C6H10BIO2. The average molecular weight is 252 g/mol. The maximum Gasteiger partial charge on any atom is 0.139 e. The highest BCUT2D eigenvalue weighted by molar-refractivity contribution is 14.1. The molecule has 0 saturated heterocycles. The first-order valence-corrected chi connectivity index (χ1v) is 3.59. The van der Waals surface area contributed by atoms with E-state index in [0.29, 0.717) is 0 Å². The molecule has 0 amide bonds. The van der Waals surface area contributed by atoms with Gasteiger partial charge < -0.3 is 11.0 Å². The van der Waals surface area contributed by atoms with Crippen molar-refractivity contribution in [2.45, 2.75) is 0 Å². The zero-order valence-electron chi connectivity index (χ0n) is 5.69. The van der Waals surface area contributed by atoms with Crippen molar-refractivity contribution in [3.63, 3.8) is 0 Å². The summed E-state index contributed by atoms with van der Waals surface area (Å²) in [5, 5.41) is 0. The largest absolute Gasteiger partial charge is 0.412 e. The molecule has 0 aliphatic rings. The van der Waals surface area contributed by atoms with Crippen LogP contribution in [-0.4, -0.2) is 18.8 Å². The minimum Gasteiger partial charge on any atom is -0.412 e. The number of benzene rings is 1. The van der Waals surface area contributed by atoms with E-state index >= 15 is 0 Å². The molecule has 1 rings (SSSR count). The summed E-state index contributed by atoms with van der Waals surface area (Å²) in [7, 11) is 2.09. The van der Waals surface area contributed by atoms with E-state index in [9.17, 15) is 0 Å². The van der Waals surface area contributed by atoms with Crippen molar-refractivity contribution >= 4 is 35.9 Å². The highest BCUT2D eigenvalue weighted by Crippen LogP contribution is 1.98. The van der Waals surface area contributed by atoms with Gasteiger partial charge in [0, 0.05) is 3.57 Å². The van der Waals surface area contributed by atoms with Gasteiger partial charge in [0.05, 0.1) is 0 Å². The lowest BCUT2D eigenvalue weighted by Crippen LogP contribution is -1.98. The smallest absolute Gasteiger partial charge is 0.139 e. The number of hydrogen-bond acceptors (Lipinski definition) is 0. The first-order chi connectivity index (χ1) is 3.79. The Balaban J connectivity index is 0. The number of halogens is 1. The Hall–Kier alpha value is -0.0651. The van der Waals surface area contributed by atoms with Crippen LogP contribution in [0.15, 0.2) is 24.3 Å². The topological polar surface area (TPSA) is 63.0 Å². The molecule has 2 nitrogen and oxygen atoms in total. The van der Waals surface area contributed by atoms with Gasteiger partial charge in [0.2, 0.25) is 0 Å². The molecule has 0 atom stereocenters. The zero-order chi connectivity index (χ0) is 5.98. The van der Waals surface area contributed by atoms with Crippen LogP contribution in [0.5, 0.6) is 0 Å². The molecule has 0 radical (unpaired) electrons. The summed E-state index contributed by atoms with van der Waals surface area (Å²) >= 11 is 2.30. The number of hydrogen-bond donors (Lipinski definition) is 0. The molecule has 4 heteroatoms. The summed E-state index contributed by atoms with van der Waals surface area (Å²) < 4.78 is 1.30. The minimum absolute atomic E-state index is 0. The van der Waals surface area contributed by atoms with Gasteiger partial charge in [-0.2, -0.15) is 0 Å². The van der Waals surface area contributed by atoms with Gasteiger partial charge >= 0.3 is 0 Å². The van der Waals surface area contributed by atoms with Crippen LogP contribution in [0.25, 0.3) is 0 Å². The molecule has 0 bridgehead atoms. The van der Waals surface area contributed by atoms with Crippen LogP contribution in [0.3, 0.4) is 0 Å². The predicted octanol–water partition coefficient (Wildman–Crippen LogP) is -1.10. The van der Waals surface area contributed by atoms with Crippen LogP contribution in [0.1, 0.15) is 0 Å². The lowest BCUT2D eigenvalue weighted by molar-refractivity contribution is 0.823. The summed E-state index contributed by atoms with van der Waals surface area (Å²) in [5.41, 5.74) is 1.32. The highest BCUT2D eigenvalue weighted by Gasteiger charge is 1.81. The van der Waals surface area contributed by atoms with E-state index in [1.165, 1.54) is 9.03 Å². The van der Waals surface area contributed by atoms with Crippen molar-refractivity contribution in [3.05, 3.63) is 27.8 Å². The van der Waals surface area contributed by atoms with E-state index in [1.54, 1.807) is 0 Å². The van der Waals surface area contributed by atoms with Gasteiger partial charge in [-0.05, 0) is 34.7 Å². The third-order valence-corrected chi connectivity index (χ3v) is 1.73. The molecule has 56 valence electrons. The van der Waals surface area contributed by atoms with Crippen LogP contribution in [0.2, 0.25) is 0 Å². The Bertz CT molecular complexity index is 155. The first kappa shape index (κ1) is 12.6. The van der Waals surface area contributed by atoms with E-state index in [2.05, 4.69) is 54.7 Å². The van der Waals surface area contributed by atoms with E-state index < -0.39 is 0 Å². The van der Waals surface area contributed by atoms with Crippen molar-refractivity contribution in [1.82, 2.24) is 0 Å². The van der Waals surface area contributed by atoms with Crippen LogP contribution in [0.4, 0.5) is 0 Å². The van der Waals surface area contributed by atoms with Crippen molar-refractivity contribution in [2.75, 3.05) is 0 Å². The third kappa shape index (κ3) is 3.87. The second-order valence-electron chi connectivity index (χ2n) is 1.80. The lowest BCUT2D eigenvalue weighted by Gasteiger charge is -1.88. The molecule has 1 aromatic rings. The third-order valence-electron chi connectivity index (χ3n) is 1.01. The summed E-state index contributed by atoms with van der Waals surface area (Å²) in [5.74, 6) is 0. The van der Waals surface area contributed by atoms with Gasteiger partial charge in [0.25, 0.3) is 0 Å². The van der Waals surface area contributed by atoms with Gasteiger partial charge in [0.15, 0.2) is 0 Å². The van der Waals surface area contributed by atoms with Gasteiger partial charge in [-0.25, -0.2) is 0 Å². The Morgan fingerprint density at radius 1 is 1.00 bits per heavy atom. The van der Waals surface area contributed by atoms with Crippen molar-refractivity contribution in [3.8, 4) is 0 Å². The monoisotopic (exact) mass is 252 g/mol. The van der Waals surface area contributed by atoms with Crippen LogP contribution < -0.4 is 5.46 Å². The molecule has 0 fully saturated rings. The molecule has 4 N–H and O–H groups in total. The lowest BCUT2D eigenvalue weighted by atomic mass is 9.97. The predicted molar refractivity (Wildman–Crippen MR) is 54.6 cm³/mol. The van der Waals surface area contributed by atoms with Crippen molar-refractivity contribution < 1.29 is 11.0 Å². The average Bonchev–Trinajstić information content (AvgIpc) is 1.77. The quantitative estimate of drug-likeness (QED) is 0.415. The van der Waals surface area contributed by atoms with Gasteiger partial charge in [-0.1, -0.05) is 17.6 Å². The van der Waals surface area contributed by atoms with Crippen LogP contribution in [0, 0.1) is 3.57 Å². The Labute approximate surface area is 74.8 Å². The summed E-state index contributed by atoms with van der Waals surface area (Å²) in [6.07, 6.45) is 0. The SMILES string of the molecule is Bc1ccc(I)cc1.O.O. The maximum absolute atomic E-state index is 2.30. The van der Waals surface area contributed by atoms with E-state index in [-0.39, 0.29) is 11.0 Å². The Kier molecular flexibility index (Phi) is 7.18. The first-order valence-electron chi connectivity index (χ1n) is 2.51. The molecule has 0 aliphatic carbocycles. The van der Waals surface area contributed by atoms with Crippen LogP contribution in [-0.2, 0) is 0 Å². The van der Waals surface area contributed by atoms with Crippen molar-refractivity contribution in [2.24, 2.45) is 0 Å². The van der Waals surface area contributed by atoms with E-state index in [0.717, 1.165) is 0 Å². The minimum atomic E-state index is 0. The Morgan fingerprint density at radius 3 is 1.70 bits per heavy atom. The second kappa shape index (κ2) is 5.70. The number of rotatable bonds is 0. The zero-order valence-corrected chi connectivity index (χ0v) is 7.84. The van der Waals surface area contributed by atoms with E-state index in [1.807, 2.05) is 0 Å². The normalized spacial score (nSPS) is 7.30. The fourth-order valence-electron chi connectivity index (χ4n) is 0.533. The second-order valence-corrected chi connectivity index (χ2v) is 3.04. The molecule has 0 saturated carbocycles. The van der Waals surface area contributed by atoms with E-state index in [4.69, 9.17) is 0 Å². The van der Waals surface area contributed by atoms with Crippen LogP contribution >= 0.6 is 22.6 Å². The molecular weight excluding hydrogens is 242 g/mol. The molecule has 10 heavy (non-hydrogen) atoms. The standard InChI is InChI=1S/C6H6BI.2H2O/c7-5-1-3-6(8)4-2-5;;/h1-4H,7H2;2*1H2. The van der Waals surface area contributed by atoms with Crippen molar-refractivity contribution in [1.29, 1.82) is 0 Å². The van der Waals surface area contributed by atoms with Gasteiger partial charge in [0.1, 0.15) is 7.85 Å². The molecule has 1 aromatic carbocycles. The molecule has 0 aliphatic heterocycles. The molecule has 0 spiro atoms. The fraction of sp³-hybridized carbons (Fsp3) is 0. The summed E-state index contributed by atoms with van der Waals surface area (Å²) in [4.78, 5) is 0. The summed E-state index contributed by atoms with van der Waals surface area (Å²) in [6.45, 7) is 0. The Morgan fingerprint density at radius 2 is 1.40 bits per heavy atom. The van der Waals surface area contributed by atoms with Gasteiger partial charge in [-0.15, -0.1) is 0 Å². The molecule has 0 unspecified atom stereocenters.